The third-order valence-electron chi connectivity index (χ3n) is 5.82. The lowest BCUT2D eigenvalue weighted by molar-refractivity contribution is -0.130. The summed E-state index contributed by atoms with van der Waals surface area (Å²) in [5.74, 6) is 0.566. The lowest BCUT2D eigenvalue weighted by Crippen LogP contribution is -2.59. The fourth-order valence-electron chi connectivity index (χ4n) is 3.98. The van der Waals surface area contributed by atoms with Gasteiger partial charge in [-0.3, -0.25) is 14.2 Å². The molecule has 10 nitrogen and oxygen atoms in total. The molecule has 1 saturated heterocycles. The largest absolute Gasteiger partial charge is 0.495 e. The molecule has 0 spiro atoms. The molecule has 12 heteroatoms. The maximum atomic E-state index is 13.7. The van der Waals surface area contributed by atoms with Crippen LogP contribution in [0.15, 0.2) is 35.8 Å². The molecule has 3 heterocycles. The molecule has 1 aromatic carbocycles. The molecule has 1 aliphatic heterocycles. The number of fused-ring (bicyclic) bond motifs is 1. The van der Waals surface area contributed by atoms with Crippen LogP contribution < -0.4 is 26.1 Å². The molecular formula is C23H24Cl2N6O4. The number of nitrogens with zero attached hydrogens (tertiary/aromatic N) is 4. The van der Waals surface area contributed by atoms with Gasteiger partial charge in [-0.1, -0.05) is 29.8 Å². The van der Waals surface area contributed by atoms with Crippen molar-refractivity contribution in [3.63, 3.8) is 0 Å². The van der Waals surface area contributed by atoms with Crippen LogP contribution in [0.3, 0.4) is 0 Å². The zero-order chi connectivity index (χ0) is 25.3. The second kappa shape index (κ2) is 10.1. The molecule has 1 amide bonds. The van der Waals surface area contributed by atoms with Gasteiger partial charge in [0.15, 0.2) is 0 Å². The Morgan fingerprint density at radius 1 is 1.26 bits per heavy atom. The number of amides is 1. The van der Waals surface area contributed by atoms with Crippen molar-refractivity contribution in [3.8, 4) is 22.6 Å². The van der Waals surface area contributed by atoms with Gasteiger partial charge >= 0.3 is 0 Å². The summed E-state index contributed by atoms with van der Waals surface area (Å²) < 4.78 is 12.2. The van der Waals surface area contributed by atoms with Crippen LogP contribution in [0.2, 0.25) is 10.0 Å². The van der Waals surface area contributed by atoms with Crippen molar-refractivity contribution in [2.75, 3.05) is 39.6 Å². The van der Waals surface area contributed by atoms with Gasteiger partial charge in [0, 0.05) is 55.4 Å². The number of aromatic nitrogens is 3. The Morgan fingerprint density at radius 3 is 2.51 bits per heavy atom. The quantitative estimate of drug-likeness (QED) is 0.435. The highest BCUT2D eigenvalue weighted by Gasteiger charge is 2.29. The van der Waals surface area contributed by atoms with Crippen molar-refractivity contribution in [2.24, 2.45) is 0 Å². The zero-order valence-corrected chi connectivity index (χ0v) is 20.7. The highest BCUT2D eigenvalue weighted by atomic mass is 35.5. The molecule has 0 bridgehead atoms. The number of likely N-dealkylation sites (tertiary alicyclic amines) is 1. The van der Waals surface area contributed by atoms with Gasteiger partial charge in [-0.05, 0) is 12.1 Å². The number of anilines is 1. The van der Waals surface area contributed by atoms with E-state index < -0.39 is 0 Å². The molecule has 0 saturated carbocycles. The van der Waals surface area contributed by atoms with Crippen LogP contribution in [0.5, 0.6) is 11.5 Å². The Bertz CT molecular complexity index is 1340. The number of pyridine rings is 1. The third-order valence-corrected chi connectivity index (χ3v) is 6.58. The van der Waals surface area contributed by atoms with E-state index in [9.17, 15) is 9.59 Å². The van der Waals surface area contributed by atoms with Gasteiger partial charge in [0.2, 0.25) is 11.9 Å². The standard InChI is InChI=1S/C23H24Cl2N6O4/c1-4-17(32)30-10-13(11-30)27-5-6-31-21-12(9-28-23(26)29-21)7-14(22(31)33)18-19(24)15(34-2)8-16(35-3)20(18)25/h4,7-9,13,27H,1,5-6,10-11H2,2-3H3,(H2,26,28,29). The Balaban J connectivity index is 1.73. The summed E-state index contributed by atoms with van der Waals surface area (Å²) in [5.41, 5.74) is 6.35. The van der Waals surface area contributed by atoms with Crippen LogP contribution in [0, 0.1) is 0 Å². The molecular weight excluding hydrogens is 495 g/mol. The van der Waals surface area contributed by atoms with Gasteiger partial charge in [0.05, 0.1) is 29.8 Å². The van der Waals surface area contributed by atoms with Crippen LogP contribution in [0.1, 0.15) is 0 Å². The first-order chi connectivity index (χ1) is 16.8. The number of hydrogen-bond donors (Lipinski definition) is 2. The summed E-state index contributed by atoms with van der Waals surface area (Å²) in [7, 11) is 2.92. The molecule has 2 aromatic heterocycles. The lowest BCUT2D eigenvalue weighted by atomic mass is 10.0. The molecule has 4 rings (SSSR count). The van der Waals surface area contributed by atoms with Gasteiger partial charge < -0.3 is 25.4 Å². The number of nitrogens with one attached hydrogen (secondary N) is 1. The summed E-state index contributed by atoms with van der Waals surface area (Å²) >= 11 is 13.2. The van der Waals surface area contributed by atoms with E-state index in [0.29, 0.717) is 42.2 Å². The first-order valence-electron chi connectivity index (χ1n) is 10.7. The Hall–Kier alpha value is -3.34. The van der Waals surface area contributed by atoms with E-state index >= 15 is 0 Å². The van der Waals surface area contributed by atoms with Crippen LogP contribution in [-0.2, 0) is 11.3 Å². The number of hydrogen-bond acceptors (Lipinski definition) is 8. The van der Waals surface area contributed by atoms with Gasteiger partial charge in [-0.2, -0.15) is 4.98 Å². The molecule has 0 aliphatic carbocycles. The van der Waals surface area contributed by atoms with Crippen molar-refractivity contribution in [1.82, 2.24) is 24.8 Å². The zero-order valence-electron chi connectivity index (χ0n) is 19.2. The molecule has 0 unspecified atom stereocenters. The third kappa shape index (κ3) is 4.64. The highest BCUT2D eigenvalue weighted by molar-refractivity contribution is 6.41. The molecule has 1 aliphatic rings. The Kier molecular flexibility index (Phi) is 7.15. The minimum Gasteiger partial charge on any atom is -0.495 e. The molecule has 3 aromatic rings. The van der Waals surface area contributed by atoms with Crippen molar-refractivity contribution in [2.45, 2.75) is 12.6 Å². The lowest BCUT2D eigenvalue weighted by Gasteiger charge is -2.39. The van der Waals surface area contributed by atoms with Crippen LogP contribution in [0.25, 0.3) is 22.2 Å². The Labute approximate surface area is 211 Å². The number of benzene rings is 1. The van der Waals surface area contributed by atoms with Gasteiger partial charge in [-0.25, -0.2) is 4.98 Å². The van der Waals surface area contributed by atoms with E-state index in [1.54, 1.807) is 17.0 Å². The Morgan fingerprint density at radius 2 is 1.91 bits per heavy atom. The van der Waals surface area contributed by atoms with Crippen LogP contribution in [-0.4, -0.2) is 65.2 Å². The maximum Gasteiger partial charge on any atom is 0.260 e. The fourth-order valence-corrected chi connectivity index (χ4v) is 4.68. The van der Waals surface area contributed by atoms with Gasteiger partial charge in [0.1, 0.15) is 17.1 Å². The number of nitrogen functional groups attached to an aromatic ring is 1. The predicted octanol–water partition coefficient (Wildman–Crippen LogP) is 2.35. The molecule has 35 heavy (non-hydrogen) atoms. The van der Waals surface area contributed by atoms with Crippen molar-refractivity contribution < 1.29 is 14.3 Å². The number of ether oxygens (including phenoxy) is 2. The van der Waals surface area contributed by atoms with E-state index in [1.165, 1.54) is 31.1 Å². The number of carbonyl (C=O) groups excluding carboxylic acids is 1. The monoisotopic (exact) mass is 518 g/mol. The van der Waals surface area contributed by atoms with E-state index in [1.807, 2.05) is 0 Å². The second-order valence-corrected chi connectivity index (χ2v) is 8.66. The SMILES string of the molecule is C=CC(=O)N1CC(NCCn2c(=O)c(-c3c(Cl)c(OC)cc(OC)c3Cl)cc3cnc(N)nc32)C1. The maximum absolute atomic E-state index is 13.7. The van der Waals surface area contributed by atoms with Crippen molar-refractivity contribution >= 4 is 46.1 Å². The predicted molar refractivity (Wildman–Crippen MR) is 135 cm³/mol. The van der Waals surface area contributed by atoms with Crippen LogP contribution >= 0.6 is 23.2 Å². The molecule has 3 N–H and O–H groups in total. The topological polar surface area (TPSA) is 125 Å². The van der Waals surface area contributed by atoms with Gasteiger partial charge in [-0.15, -0.1) is 0 Å². The summed E-state index contributed by atoms with van der Waals surface area (Å²) in [6, 6.07) is 3.30. The average Bonchev–Trinajstić information content (AvgIpc) is 2.82. The number of nitrogens with two attached hydrogens (primary N) is 1. The number of carbonyl (C=O) groups is 1. The number of rotatable bonds is 8. The number of halogens is 2. The van der Waals surface area contributed by atoms with Crippen molar-refractivity contribution in [1.29, 1.82) is 0 Å². The molecule has 1 fully saturated rings. The minimum atomic E-state index is -0.367. The summed E-state index contributed by atoms with van der Waals surface area (Å²) in [5, 5.41) is 4.28. The average molecular weight is 519 g/mol. The smallest absolute Gasteiger partial charge is 0.260 e. The fraction of sp³-hybridized carbons (Fsp3) is 0.304. The number of methoxy groups -OCH3 is 2. The summed E-state index contributed by atoms with van der Waals surface area (Å²) in [4.78, 5) is 35.4. The van der Waals surface area contributed by atoms with Gasteiger partial charge in [0.25, 0.3) is 5.56 Å². The first-order valence-corrected chi connectivity index (χ1v) is 11.5. The molecule has 0 radical (unpaired) electrons. The molecule has 184 valence electrons. The van der Waals surface area contributed by atoms with E-state index in [4.69, 9.17) is 38.4 Å². The molecule has 0 atom stereocenters. The van der Waals surface area contributed by atoms with E-state index in [2.05, 4.69) is 21.9 Å². The second-order valence-electron chi connectivity index (χ2n) is 7.90. The van der Waals surface area contributed by atoms with Crippen LogP contribution in [0.4, 0.5) is 5.95 Å². The summed E-state index contributed by atoms with van der Waals surface area (Å²) in [6.07, 6.45) is 2.83. The summed E-state index contributed by atoms with van der Waals surface area (Å²) in [6.45, 7) is 5.37. The van der Waals surface area contributed by atoms with Crippen molar-refractivity contribution in [3.05, 3.63) is 51.4 Å². The highest BCUT2D eigenvalue weighted by Crippen LogP contribution is 2.45. The normalized spacial score (nSPS) is 13.5. The minimum absolute atomic E-state index is 0.0445. The van der Waals surface area contributed by atoms with E-state index in [-0.39, 0.29) is 51.2 Å². The first kappa shape index (κ1) is 24.8. The van der Waals surface area contributed by atoms with E-state index in [0.717, 1.165) is 0 Å².